The molecule has 7 heteroatoms. The van der Waals surface area contributed by atoms with E-state index in [4.69, 9.17) is 18.3 Å². The van der Waals surface area contributed by atoms with Gasteiger partial charge < -0.3 is 23.4 Å². The van der Waals surface area contributed by atoms with Crippen molar-refractivity contribution in [3.63, 3.8) is 0 Å². The van der Waals surface area contributed by atoms with Crippen LogP contribution in [0.5, 0.6) is 0 Å². The molecule has 5 unspecified atom stereocenters. The van der Waals surface area contributed by atoms with Crippen molar-refractivity contribution in [3.8, 4) is 0 Å². The summed E-state index contributed by atoms with van der Waals surface area (Å²) in [5, 5.41) is 11.7. The number of ether oxygens (including phenoxy) is 2. The van der Waals surface area contributed by atoms with Crippen LogP contribution in [-0.2, 0) is 18.3 Å². The molecular weight excluding hydrogens is 412 g/mol. The molecule has 5 nitrogen and oxygen atoms in total. The SMILES string of the molecule is CC(C)(C)[Si](C)(C)OCC1OC2OCCCCCC1C(O)C2O[Si](C)(C)C(C)(C)C. The number of hydrogen-bond acceptors (Lipinski definition) is 5. The standard InChI is InChI=1S/C23H48O5Si2/c1-22(2,3)29(7,8)26-16-18-17-14-12-11-13-15-25-21(27-18)20(19(17)24)28-30(9,10)23(4,5)6/h17-21,24H,11-16H2,1-10H3. The topological polar surface area (TPSA) is 57.2 Å². The number of aliphatic hydroxyl groups excluding tert-OH is 1. The summed E-state index contributed by atoms with van der Waals surface area (Å²) in [4.78, 5) is 0. The average molecular weight is 461 g/mol. The molecular formula is C23H48O5Si2. The van der Waals surface area contributed by atoms with Gasteiger partial charge in [0, 0.05) is 12.5 Å². The average Bonchev–Trinajstić information content (AvgIpc) is 2.59. The normalized spacial score (nSPS) is 32.3. The fourth-order valence-corrected chi connectivity index (χ4v) is 5.93. The van der Waals surface area contributed by atoms with Crippen LogP contribution in [0.2, 0.25) is 36.3 Å². The second-order valence-corrected chi connectivity index (χ2v) is 21.9. The van der Waals surface area contributed by atoms with Gasteiger partial charge in [-0.3, -0.25) is 0 Å². The Bertz CT molecular complexity index is 549. The molecule has 3 aliphatic heterocycles. The fourth-order valence-electron chi connectivity index (χ4n) is 3.64. The Hall–Kier alpha value is 0.234. The van der Waals surface area contributed by atoms with Crippen LogP contribution in [0.1, 0.15) is 67.2 Å². The van der Waals surface area contributed by atoms with Gasteiger partial charge in [-0.1, -0.05) is 54.4 Å². The maximum atomic E-state index is 11.5. The van der Waals surface area contributed by atoms with Gasteiger partial charge in [0.25, 0.3) is 0 Å². The minimum absolute atomic E-state index is 0.0162. The van der Waals surface area contributed by atoms with E-state index in [0.29, 0.717) is 13.2 Å². The summed E-state index contributed by atoms with van der Waals surface area (Å²) in [7, 11) is -3.98. The minimum atomic E-state index is -2.08. The van der Waals surface area contributed by atoms with Crippen LogP contribution in [0.25, 0.3) is 0 Å². The first-order chi connectivity index (χ1) is 13.6. The predicted molar refractivity (Wildman–Crippen MR) is 128 cm³/mol. The molecule has 0 aliphatic carbocycles. The van der Waals surface area contributed by atoms with Crippen molar-refractivity contribution in [2.75, 3.05) is 13.2 Å². The monoisotopic (exact) mass is 460 g/mol. The van der Waals surface area contributed by atoms with Crippen molar-refractivity contribution in [1.29, 1.82) is 0 Å². The van der Waals surface area contributed by atoms with Gasteiger partial charge in [0.1, 0.15) is 6.10 Å². The lowest BCUT2D eigenvalue weighted by Crippen LogP contribution is -2.61. The van der Waals surface area contributed by atoms with Crippen molar-refractivity contribution in [3.05, 3.63) is 0 Å². The van der Waals surface area contributed by atoms with E-state index in [1.165, 1.54) is 0 Å². The molecule has 3 heterocycles. The summed E-state index contributed by atoms with van der Waals surface area (Å²) in [6, 6.07) is 0. The second kappa shape index (κ2) is 9.61. The smallest absolute Gasteiger partial charge is 0.192 e. The first-order valence-corrected chi connectivity index (χ1v) is 17.7. The van der Waals surface area contributed by atoms with E-state index in [-0.39, 0.29) is 22.1 Å². The van der Waals surface area contributed by atoms with Gasteiger partial charge in [-0.15, -0.1) is 0 Å². The summed E-state index contributed by atoms with van der Waals surface area (Å²) in [5.74, 6) is 0.0162. The van der Waals surface area contributed by atoms with Crippen molar-refractivity contribution < 1.29 is 23.4 Å². The van der Waals surface area contributed by atoms with Crippen LogP contribution < -0.4 is 0 Å². The molecule has 0 saturated carbocycles. The molecule has 30 heavy (non-hydrogen) atoms. The Balaban J connectivity index is 2.23. The lowest BCUT2D eigenvalue weighted by Gasteiger charge is -2.49. The molecule has 0 aromatic carbocycles. The number of aliphatic hydroxyl groups is 1. The summed E-state index contributed by atoms with van der Waals surface area (Å²) < 4.78 is 25.8. The molecule has 3 aliphatic rings. The van der Waals surface area contributed by atoms with E-state index in [1.54, 1.807) is 0 Å². The Labute approximate surface area is 187 Å². The van der Waals surface area contributed by atoms with E-state index in [2.05, 4.69) is 67.7 Å². The summed E-state index contributed by atoms with van der Waals surface area (Å²) >= 11 is 0. The number of hydrogen-bond donors (Lipinski definition) is 1. The highest BCUT2D eigenvalue weighted by Crippen LogP contribution is 2.42. The Morgan fingerprint density at radius 3 is 2.07 bits per heavy atom. The lowest BCUT2D eigenvalue weighted by molar-refractivity contribution is -0.288. The van der Waals surface area contributed by atoms with Crippen LogP contribution in [0.4, 0.5) is 0 Å². The molecule has 0 spiro atoms. The molecule has 0 aromatic heterocycles. The van der Waals surface area contributed by atoms with Crippen molar-refractivity contribution in [1.82, 2.24) is 0 Å². The van der Waals surface area contributed by atoms with Gasteiger partial charge in [0.05, 0.1) is 18.8 Å². The first-order valence-electron chi connectivity index (χ1n) is 11.8. The fraction of sp³-hybridized carbons (Fsp3) is 1.00. The van der Waals surface area contributed by atoms with Crippen LogP contribution in [0.15, 0.2) is 0 Å². The highest BCUT2D eigenvalue weighted by molar-refractivity contribution is 6.74. The molecule has 0 aromatic rings. The molecule has 1 N–H and O–H groups in total. The molecule has 3 saturated heterocycles. The Morgan fingerprint density at radius 1 is 0.900 bits per heavy atom. The second-order valence-electron chi connectivity index (χ2n) is 12.3. The van der Waals surface area contributed by atoms with Gasteiger partial charge >= 0.3 is 0 Å². The zero-order chi connectivity index (χ0) is 23.0. The summed E-state index contributed by atoms with van der Waals surface area (Å²) in [6.45, 7) is 23.6. The molecule has 3 rings (SSSR count). The Kier molecular flexibility index (Phi) is 8.49. The van der Waals surface area contributed by atoms with Gasteiger partial charge in [0.15, 0.2) is 22.9 Å². The maximum absolute atomic E-state index is 11.5. The van der Waals surface area contributed by atoms with Gasteiger partial charge in [-0.2, -0.15) is 0 Å². The maximum Gasteiger partial charge on any atom is 0.192 e. The van der Waals surface area contributed by atoms with E-state index in [0.717, 1.165) is 25.7 Å². The lowest BCUT2D eigenvalue weighted by atomic mass is 9.84. The third-order valence-corrected chi connectivity index (χ3v) is 16.9. The van der Waals surface area contributed by atoms with Gasteiger partial charge in [-0.05, 0) is 49.1 Å². The molecule has 2 bridgehead atoms. The molecule has 0 radical (unpaired) electrons. The van der Waals surface area contributed by atoms with Gasteiger partial charge in [0.2, 0.25) is 0 Å². The summed E-state index contributed by atoms with van der Waals surface area (Å²) in [5.41, 5.74) is 0. The predicted octanol–water partition coefficient (Wildman–Crippen LogP) is 5.69. The highest BCUT2D eigenvalue weighted by atomic mass is 28.4. The van der Waals surface area contributed by atoms with Crippen molar-refractivity contribution in [2.45, 2.75) is 128 Å². The van der Waals surface area contributed by atoms with Crippen LogP contribution in [0, 0.1) is 5.92 Å². The van der Waals surface area contributed by atoms with Crippen LogP contribution in [-0.4, -0.2) is 59.6 Å². The molecule has 3 fully saturated rings. The first kappa shape index (κ1) is 26.5. The zero-order valence-electron chi connectivity index (χ0n) is 21.2. The quantitative estimate of drug-likeness (QED) is 0.534. The van der Waals surface area contributed by atoms with Crippen molar-refractivity contribution >= 4 is 16.6 Å². The number of rotatable bonds is 5. The van der Waals surface area contributed by atoms with Crippen molar-refractivity contribution in [2.24, 2.45) is 5.92 Å². The van der Waals surface area contributed by atoms with Crippen LogP contribution >= 0.6 is 0 Å². The number of fused-ring (bicyclic) bond motifs is 7. The van der Waals surface area contributed by atoms with E-state index < -0.39 is 35.1 Å². The molecule has 178 valence electrons. The zero-order valence-corrected chi connectivity index (χ0v) is 23.2. The minimum Gasteiger partial charge on any atom is -0.414 e. The van der Waals surface area contributed by atoms with E-state index in [1.807, 2.05) is 0 Å². The van der Waals surface area contributed by atoms with Gasteiger partial charge in [-0.25, -0.2) is 0 Å². The third kappa shape index (κ3) is 6.17. The Morgan fingerprint density at radius 2 is 1.50 bits per heavy atom. The third-order valence-electron chi connectivity index (χ3n) is 7.95. The van der Waals surface area contributed by atoms with E-state index >= 15 is 0 Å². The highest BCUT2D eigenvalue weighted by Gasteiger charge is 2.51. The molecule has 0 amide bonds. The largest absolute Gasteiger partial charge is 0.414 e. The summed E-state index contributed by atoms with van der Waals surface area (Å²) in [6.07, 6.45) is 2.45. The molecule has 5 atom stereocenters. The van der Waals surface area contributed by atoms with E-state index in [9.17, 15) is 5.11 Å². The van der Waals surface area contributed by atoms with Crippen LogP contribution in [0.3, 0.4) is 0 Å².